The maximum Gasteiger partial charge on any atom is 0.312 e. The lowest BCUT2D eigenvalue weighted by molar-refractivity contribution is -0.153. The van der Waals surface area contributed by atoms with Gasteiger partial charge in [0.05, 0.1) is 31.3 Å². The fraction of sp³-hybridized carbons (Fsp3) is 0.750. The van der Waals surface area contributed by atoms with Gasteiger partial charge in [-0.3, -0.25) is 9.59 Å². The van der Waals surface area contributed by atoms with E-state index >= 15 is 0 Å². The van der Waals surface area contributed by atoms with E-state index in [0.717, 1.165) is 19.4 Å². The third-order valence-corrected chi connectivity index (χ3v) is 5.19. The smallest absolute Gasteiger partial charge is 0.312 e. The molecule has 3 fully saturated rings. The van der Waals surface area contributed by atoms with Crippen LogP contribution < -0.4 is 0 Å². The van der Waals surface area contributed by atoms with Crippen LogP contribution in [0.1, 0.15) is 19.8 Å². The molecule has 6 nitrogen and oxygen atoms in total. The van der Waals surface area contributed by atoms with E-state index in [1.165, 1.54) is 0 Å². The Morgan fingerprint density at radius 1 is 1.55 bits per heavy atom. The first kappa shape index (κ1) is 14.2. The summed E-state index contributed by atoms with van der Waals surface area (Å²) in [4.78, 5) is 26.9. The molecule has 120 valence electrons. The second-order valence-electron chi connectivity index (χ2n) is 6.51. The number of rotatable bonds is 4. The van der Waals surface area contributed by atoms with Crippen molar-refractivity contribution >= 4 is 11.9 Å². The molecule has 4 aliphatic heterocycles. The molecule has 0 unspecified atom stereocenters. The monoisotopic (exact) mass is 307 g/mol. The van der Waals surface area contributed by atoms with Crippen LogP contribution in [0, 0.1) is 11.8 Å². The molecule has 0 aliphatic carbocycles. The molecule has 1 amide bonds. The van der Waals surface area contributed by atoms with Gasteiger partial charge in [-0.05, 0) is 19.8 Å². The van der Waals surface area contributed by atoms with E-state index in [-0.39, 0.29) is 24.1 Å². The van der Waals surface area contributed by atoms with Crippen LogP contribution in [0.25, 0.3) is 0 Å². The minimum Gasteiger partial charge on any atom is -0.466 e. The second-order valence-corrected chi connectivity index (χ2v) is 6.51. The molecule has 4 heterocycles. The van der Waals surface area contributed by atoms with Crippen molar-refractivity contribution in [2.75, 3.05) is 26.3 Å². The fourth-order valence-electron chi connectivity index (χ4n) is 4.27. The molecule has 0 aromatic rings. The summed E-state index contributed by atoms with van der Waals surface area (Å²) in [5.41, 5.74) is -0.641. The van der Waals surface area contributed by atoms with Crippen molar-refractivity contribution < 1.29 is 23.8 Å². The standard InChI is InChI=1S/C16H21NO5/c1-2-20-15(19)12-11-5-6-16(22-11)9-17(14(18)13(12)16)8-10-4-3-7-21-10/h5-6,10-13H,2-4,7-9H2,1H3/t10-,11+,12-,13-,16+/m0/s1. The van der Waals surface area contributed by atoms with E-state index < -0.39 is 17.4 Å². The molecular weight excluding hydrogens is 286 g/mol. The molecule has 0 saturated carbocycles. The highest BCUT2D eigenvalue weighted by Gasteiger charge is 2.67. The van der Waals surface area contributed by atoms with Crippen LogP contribution in [0.5, 0.6) is 0 Å². The average Bonchev–Trinajstić information content (AvgIpc) is 3.23. The largest absolute Gasteiger partial charge is 0.466 e. The Kier molecular flexibility index (Phi) is 3.27. The van der Waals surface area contributed by atoms with Gasteiger partial charge in [0, 0.05) is 13.2 Å². The lowest BCUT2D eigenvalue weighted by atomic mass is 9.77. The molecule has 22 heavy (non-hydrogen) atoms. The number of amides is 1. The molecular formula is C16H21NO5. The third kappa shape index (κ3) is 1.93. The van der Waals surface area contributed by atoms with E-state index in [9.17, 15) is 9.59 Å². The summed E-state index contributed by atoms with van der Waals surface area (Å²) in [7, 11) is 0. The molecule has 0 N–H and O–H groups in total. The van der Waals surface area contributed by atoms with Crippen molar-refractivity contribution in [3.05, 3.63) is 12.2 Å². The molecule has 3 saturated heterocycles. The maximum atomic E-state index is 12.8. The molecule has 0 aromatic heterocycles. The lowest BCUT2D eigenvalue weighted by Gasteiger charge is -2.23. The van der Waals surface area contributed by atoms with Crippen molar-refractivity contribution in [3.8, 4) is 0 Å². The van der Waals surface area contributed by atoms with Crippen LogP contribution in [-0.4, -0.2) is 60.9 Å². The summed E-state index contributed by atoms with van der Waals surface area (Å²) in [6.45, 7) is 3.97. The normalized spacial score (nSPS) is 42.2. The van der Waals surface area contributed by atoms with Gasteiger partial charge in [0.25, 0.3) is 0 Å². The number of ether oxygens (including phenoxy) is 3. The zero-order valence-corrected chi connectivity index (χ0v) is 12.7. The number of esters is 1. The first-order valence-corrected chi connectivity index (χ1v) is 8.09. The molecule has 0 radical (unpaired) electrons. The van der Waals surface area contributed by atoms with Gasteiger partial charge < -0.3 is 19.1 Å². The summed E-state index contributed by atoms with van der Waals surface area (Å²) >= 11 is 0. The van der Waals surface area contributed by atoms with Gasteiger partial charge in [-0.2, -0.15) is 0 Å². The Labute approximate surface area is 129 Å². The van der Waals surface area contributed by atoms with Gasteiger partial charge in [0.1, 0.15) is 11.5 Å². The highest BCUT2D eigenvalue weighted by Crippen LogP contribution is 2.52. The quantitative estimate of drug-likeness (QED) is 0.559. The molecule has 5 atom stereocenters. The fourth-order valence-corrected chi connectivity index (χ4v) is 4.27. The van der Waals surface area contributed by atoms with Crippen LogP contribution in [0.2, 0.25) is 0 Å². The van der Waals surface area contributed by atoms with Crippen LogP contribution in [-0.2, 0) is 23.8 Å². The zero-order chi connectivity index (χ0) is 15.3. The Hall–Kier alpha value is -1.40. The predicted octanol–water partition coefficient (Wildman–Crippen LogP) is 0.511. The summed E-state index contributed by atoms with van der Waals surface area (Å²) in [6.07, 6.45) is 5.69. The highest BCUT2D eigenvalue weighted by atomic mass is 16.6. The number of hydrogen-bond donors (Lipinski definition) is 0. The van der Waals surface area contributed by atoms with Crippen LogP contribution in [0.4, 0.5) is 0 Å². The molecule has 0 aromatic carbocycles. The number of carbonyl (C=O) groups is 2. The van der Waals surface area contributed by atoms with E-state index in [2.05, 4.69) is 0 Å². The van der Waals surface area contributed by atoms with Gasteiger partial charge in [-0.25, -0.2) is 0 Å². The molecule has 4 aliphatic rings. The number of likely N-dealkylation sites (tertiary alicyclic amines) is 1. The van der Waals surface area contributed by atoms with Crippen molar-refractivity contribution in [3.63, 3.8) is 0 Å². The number of hydrogen-bond acceptors (Lipinski definition) is 5. The summed E-state index contributed by atoms with van der Waals surface area (Å²) in [6, 6.07) is 0. The second kappa shape index (κ2) is 5.06. The van der Waals surface area contributed by atoms with Gasteiger partial charge in [-0.15, -0.1) is 0 Å². The van der Waals surface area contributed by atoms with Crippen LogP contribution in [0.3, 0.4) is 0 Å². The van der Waals surface area contributed by atoms with Gasteiger partial charge >= 0.3 is 5.97 Å². The van der Waals surface area contributed by atoms with E-state index in [4.69, 9.17) is 14.2 Å². The molecule has 1 spiro atoms. The van der Waals surface area contributed by atoms with Gasteiger partial charge in [-0.1, -0.05) is 12.2 Å². The number of fused-ring (bicyclic) bond motifs is 1. The van der Waals surface area contributed by atoms with Crippen molar-refractivity contribution in [2.24, 2.45) is 11.8 Å². The van der Waals surface area contributed by atoms with Crippen molar-refractivity contribution in [1.82, 2.24) is 4.90 Å². The Morgan fingerprint density at radius 2 is 2.41 bits per heavy atom. The Balaban J connectivity index is 1.55. The maximum absolute atomic E-state index is 12.8. The highest BCUT2D eigenvalue weighted by molar-refractivity contribution is 5.91. The minimum absolute atomic E-state index is 0.000373. The van der Waals surface area contributed by atoms with E-state index in [1.807, 2.05) is 12.2 Å². The summed E-state index contributed by atoms with van der Waals surface area (Å²) < 4.78 is 16.8. The van der Waals surface area contributed by atoms with Gasteiger partial charge in [0.2, 0.25) is 5.91 Å². The zero-order valence-electron chi connectivity index (χ0n) is 12.7. The minimum atomic E-state index is -0.641. The Bertz CT molecular complexity index is 527. The molecule has 2 bridgehead atoms. The van der Waals surface area contributed by atoms with Crippen LogP contribution >= 0.6 is 0 Å². The average molecular weight is 307 g/mol. The first-order valence-electron chi connectivity index (χ1n) is 8.09. The van der Waals surface area contributed by atoms with Crippen LogP contribution in [0.15, 0.2) is 12.2 Å². The molecule has 4 rings (SSSR count). The van der Waals surface area contributed by atoms with Crippen molar-refractivity contribution in [1.29, 1.82) is 0 Å². The number of nitrogens with zero attached hydrogens (tertiary/aromatic N) is 1. The Morgan fingerprint density at radius 3 is 3.14 bits per heavy atom. The van der Waals surface area contributed by atoms with E-state index in [0.29, 0.717) is 19.7 Å². The van der Waals surface area contributed by atoms with E-state index in [1.54, 1.807) is 11.8 Å². The summed E-state index contributed by atoms with van der Waals surface area (Å²) in [5, 5.41) is 0. The topological polar surface area (TPSA) is 65.1 Å². The van der Waals surface area contributed by atoms with Gasteiger partial charge in [0.15, 0.2) is 0 Å². The summed E-state index contributed by atoms with van der Waals surface area (Å²) in [5.74, 6) is -1.27. The SMILES string of the molecule is CCOC(=O)[C@@H]1[C@H]2C(=O)N(C[C@@H]3CCCO3)C[C@]23C=C[C@H]1O3. The predicted molar refractivity (Wildman–Crippen MR) is 75.9 cm³/mol. The first-order chi connectivity index (χ1) is 10.6. The molecule has 6 heteroatoms. The number of carbonyl (C=O) groups excluding carboxylic acids is 2. The third-order valence-electron chi connectivity index (χ3n) is 5.19. The lowest BCUT2D eigenvalue weighted by Crippen LogP contribution is -2.40. The van der Waals surface area contributed by atoms with Crippen molar-refractivity contribution in [2.45, 2.75) is 37.6 Å².